The molecule has 14 heavy (non-hydrogen) atoms. The SMILES string of the molecule is C#CCN(C)c1oc(C(=O)O)cc1Br. The summed E-state index contributed by atoms with van der Waals surface area (Å²) in [5.41, 5.74) is 0. The average molecular weight is 258 g/mol. The van der Waals surface area contributed by atoms with Crippen LogP contribution >= 0.6 is 15.9 Å². The maximum atomic E-state index is 10.6. The Morgan fingerprint density at radius 2 is 2.50 bits per heavy atom. The van der Waals surface area contributed by atoms with E-state index in [2.05, 4.69) is 21.9 Å². The normalized spacial score (nSPS) is 9.50. The molecule has 0 atom stereocenters. The van der Waals surface area contributed by atoms with E-state index in [0.717, 1.165) is 0 Å². The Hall–Kier alpha value is -1.41. The summed E-state index contributed by atoms with van der Waals surface area (Å²) in [6.07, 6.45) is 5.12. The quantitative estimate of drug-likeness (QED) is 0.840. The molecule has 4 nitrogen and oxygen atoms in total. The Morgan fingerprint density at radius 3 is 2.93 bits per heavy atom. The molecule has 1 rings (SSSR count). The number of carbonyl (C=O) groups is 1. The second-order valence-corrected chi connectivity index (χ2v) is 3.48. The molecule has 0 aromatic carbocycles. The summed E-state index contributed by atoms with van der Waals surface area (Å²) in [6.45, 7) is 0.352. The summed E-state index contributed by atoms with van der Waals surface area (Å²) in [5, 5.41) is 8.66. The largest absolute Gasteiger partial charge is 0.475 e. The number of terminal acetylenes is 1. The van der Waals surface area contributed by atoms with Crippen LogP contribution in [0.25, 0.3) is 0 Å². The molecule has 0 aliphatic rings. The molecule has 0 saturated heterocycles. The van der Waals surface area contributed by atoms with E-state index in [4.69, 9.17) is 15.9 Å². The van der Waals surface area contributed by atoms with Gasteiger partial charge in [-0.25, -0.2) is 4.79 Å². The van der Waals surface area contributed by atoms with Crippen LogP contribution in [0.2, 0.25) is 0 Å². The van der Waals surface area contributed by atoms with Crippen molar-refractivity contribution >= 4 is 27.8 Å². The number of hydrogen-bond acceptors (Lipinski definition) is 3. The summed E-state index contributed by atoms with van der Waals surface area (Å²) in [5.74, 6) is 1.63. The Balaban J connectivity index is 2.99. The van der Waals surface area contributed by atoms with E-state index >= 15 is 0 Å². The van der Waals surface area contributed by atoms with Gasteiger partial charge >= 0.3 is 5.97 Å². The van der Waals surface area contributed by atoms with Gasteiger partial charge in [-0.05, 0) is 15.9 Å². The van der Waals surface area contributed by atoms with E-state index in [9.17, 15) is 4.79 Å². The van der Waals surface area contributed by atoms with Crippen LogP contribution < -0.4 is 4.90 Å². The van der Waals surface area contributed by atoms with Gasteiger partial charge in [0, 0.05) is 13.1 Å². The molecule has 0 bridgehead atoms. The van der Waals surface area contributed by atoms with Crippen molar-refractivity contribution in [3.8, 4) is 12.3 Å². The maximum Gasteiger partial charge on any atom is 0.371 e. The van der Waals surface area contributed by atoms with E-state index in [1.165, 1.54) is 6.07 Å². The van der Waals surface area contributed by atoms with E-state index in [1.807, 2.05) is 0 Å². The highest BCUT2D eigenvalue weighted by Crippen LogP contribution is 2.29. The third-order valence-corrected chi connectivity index (χ3v) is 2.12. The Kier molecular flexibility index (Phi) is 3.20. The average Bonchev–Trinajstić information content (AvgIpc) is 2.48. The summed E-state index contributed by atoms with van der Waals surface area (Å²) >= 11 is 3.19. The van der Waals surface area contributed by atoms with Crippen molar-refractivity contribution in [1.29, 1.82) is 0 Å². The topological polar surface area (TPSA) is 53.7 Å². The fourth-order valence-electron chi connectivity index (χ4n) is 0.934. The van der Waals surface area contributed by atoms with Gasteiger partial charge in [0.25, 0.3) is 0 Å². The number of rotatable bonds is 3. The second kappa shape index (κ2) is 4.20. The number of aromatic carboxylic acids is 1. The van der Waals surface area contributed by atoms with Crippen molar-refractivity contribution in [3.05, 3.63) is 16.3 Å². The van der Waals surface area contributed by atoms with Gasteiger partial charge in [-0.2, -0.15) is 0 Å². The molecule has 0 radical (unpaired) electrons. The van der Waals surface area contributed by atoms with Crippen LogP contribution in [0, 0.1) is 12.3 Å². The monoisotopic (exact) mass is 257 g/mol. The Labute approximate surface area is 89.6 Å². The zero-order valence-corrected chi connectivity index (χ0v) is 9.04. The van der Waals surface area contributed by atoms with Crippen LogP contribution in [0.3, 0.4) is 0 Å². The van der Waals surface area contributed by atoms with E-state index < -0.39 is 5.97 Å². The minimum Gasteiger partial charge on any atom is -0.475 e. The number of carboxylic acids is 1. The lowest BCUT2D eigenvalue weighted by molar-refractivity contribution is 0.0663. The zero-order chi connectivity index (χ0) is 10.7. The highest BCUT2D eigenvalue weighted by Gasteiger charge is 2.16. The Bertz CT molecular complexity index is 391. The number of hydrogen-bond donors (Lipinski definition) is 1. The minimum absolute atomic E-state index is 0.115. The molecule has 74 valence electrons. The van der Waals surface area contributed by atoms with Crippen LogP contribution in [0.1, 0.15) is 10.6 Å². The Morgan fingerprint density at radius 1 is 1.86 bits per heavy atom. The first-order valence-corrected chi connectivity index (χ1v) is 4.52. The van der Waals surface area contributed by atoms with Crippen LogP contribution in [0.4, 0.5) is 5.88 Å². The highest BCUT2D eigenvalue weighted by atomic mass is 79.9. The molecule has 1 heterocycles. The van der Waals surface area contributed by atoms with Crippen molar-refractivity contribution in [2.24, 2.45) is 0 Å². The molecule has 0 aliphatic carbocycles. The first-order valence-electron chi connectivity index (χ1n) is 3.73. The van der Waals surface area contributed by atoms with Crippen molar-refractivity contribution < 1.29 is 14.3 Å². The van der Waals surface area contributed by atoms with Crippen molar-refractivity contribution in [2.75, 3.05) is 18.5 Å². The van der Waals surface area contributed by atoms with E-state index in [-0.39, 0.29) is 5.76 Å². The van der Waals surface area contributed by atoms with Gasteiger partial charge < -0.3 is 14.4 Å². The molecule has 1 aromatic rings. The summed E-state index contributed by atoms with van der Waals surface area (Å²) < 4.78 is 5.65. The lowest BCUT2D eigenvalue weighted by Crippen LogP contribution is -2.16. The van der Waals surface area contributed by atoms with Crippen LogP contribution in [-0.2, 0) is 0 Å². The molecule has 5 heteroatoms. The predicted octanol–water partition coefficient (Wildman–Crippen LogP) is 1.81. The first-order chi connectivity index (χ1) is 6.56. The van der Waals surface area contributed by atoms with Gasteiger partial charge in [0.05, 0.1) is 11.0 Å². The number of halogens is 1. The smallest absolute Gasteiger partial charge is 0.371 e. The van der Waals surface area contributed by atoms with E-state index in [0.29, 0.717) is 16.9 Å². The molecule has 1 aromatic heterocycles. The molecular weight excluding hydrogens is 250 g/mol. The number of nitrogens with zero attached hydrogens (tertiary/aromatic N) is 1. The summed E-state index contributed by atoms with van der Waals surface area (Å²) in [4.78, 5) is 12.2. The molecule has 0 fully saturated rings. The van der Waals surface area contributed by atoms with Gasteiger partial charge in [0.1, 0.15) is 0 Å². The molecule has 0 aliphatic heterocycles. The molecule has 0 amide bonds. The maximum absolute atomic E-state index is 10.6. The van der Waals surface area contributed by atoms with Crippen molar-refractivity contribution in [1.82, 2.24) is 0 Å². The summed E-state index contributed by atoms with van der Waals surface area (Å²) in [7, 11) is 1.72. The van der Waals surface area contributed by atoms with Crippen molar-refractivity contribution in [2.45, 2.75) is 0 Å². The first kappa shape index (κ1) is 10.7. The van der Waals surface area contributed by atoms with E-state index in [1.54, 1.807) is 11.9 Å². The lowest BCUT2D eigenvalue weighted by atomic mass is 10.4. The summed E-state index contributed by atoms with van der Waals surface area (Å²) in [6, 6.07) is 1.39. The standard InChI is InChI=1S/C9H8BrNO3/c1-3-4-11(2)8-6(10)5-7(14-8)9(12)13/h1,5H,4H2,2H3,(H,12,13). The number of furan rings is 1. The van der Waals surface area contributed by atoms with Crippen molar-refractivity contribution in [3.63, 3.8) is 0 Å². The van der Waals surface area contributed by atoms with Gasteiger partial charge in [-0.15, -0.1) is 6.42 Å². The lowest BCUT2D eigenvalue weighted by Gasteiger charge is -2.12. The highest BCUT2D eigenvalue weighted by molar-refractivity contribution is 9.10. The number of anilines is 1. The van der Waals surface area contributed by atoms with Crippen LogP contribution in [0.5, 0.6) is 0 Å². The third-order valence-electron chi connectivity index (χ3n) is 1.55. The minimum atomic E-state index is -1.11. The van der Waals surface area contributed by atoms with Gasteiger partial charge in [0.15, 0.2) is 0 Å². The fraction of sp³-hybridized carbons (Fsp3) is 0.222. The predicted molar refractivity (Wildman–Crippen MR) is 55.5 cm³/mol. The van der Waals surface area contributed by atoms with Crippen LogP contribution in [0.15, 0.2) is 15.0 Å². The molecule has 1 N–H and O–H groups in total. The fourth-order valence-corrected chi connectivity index (χ4v) is 1.53. The molecule has 0 unspecified atom stereocenters. The zero-order valence-electron chi connectivity index (χ0n) is 7.45. The van der Waals surface area contributed by atoms with Gasteiger partial charge in [-0.3, -0.25) is 0 Å². The van der Waals surface area contributed by atoms with Gasteiger partial charge in [-0.1, -0.05) is 5.92 Å². The number of carboxylic acid groups (broad SMARTS) is 1. The van der Waals surface area contributed by atoms with Crippen LogP contribution in [-0.4, -0.2) is 24.7 Å². The van der Waals surface area contributed by atoms with Gasteiger partial charge in [0.2, 0.25) is 11.6 Å². The molecular formula is C9H8BrNO3. The third kappa shape index (κ3) is 2.09. The molecule has 0 spiro atoms. The second-order valence-electron chi connectivity index (χ2n) is 2.63. The molecule has 0 saturated carbocycles.